The van der Waals surface area contributed by atoms with Crippen molar-refractivity contribution in [2.45, 2.75) is 6.54 Å². The van der Waals surface area contributed by atoms with Gasteiger partial charge in [-0.15, -0.1) is 0 Å². The average Bonchev–Trinajstić information content (AvgIpc) is 2.81. The zero-order valence-corrected chi connectivity index (χ0v) is 10.8. The van der Waals surface area contributed by atoms with Gasteiger partial charge >= 0.3 is 0 Å². The second-order valence-electron chi connectivity index (χ2n) is 3.88. The summed E-state index contributed by atoms with van der Waals surface area (Å²) in [6.45, 7) is 0.636. The summed E-state index contributed by atoms with van der Waals surface area (Å²) < 4.78 is 12.4. The van der Waals surface area contributed by atoms with Crippen LogP contribution < -0.4 is 14.8 Å². The number of hydrogen-bond donors (Lipinski definition) is 1. The van der Waals surface area contributed by atoms with Crippen LogP contribution in [-0.2, 0) is 13.6 Å². The number of benzene rings is 1. The highest BCUT2D eigenvalue weighted by Crippen LogP contribution is 2.30. The Bertz CT molecular complexity index is 523. The Morgan fingerprint density at radius 1 is 1.22 bits per heavy atom. The molecular weight excluding hydrogens is 230 g/mol. The molecule has 0 saturated carbocycles. The zero-order chi connectivity index (χ0) is 13.0. The maximum Gasteiger partial charge on any atom is 0.165 e. The van der Waals surface area contributed by atoms with E-state index >= 15 is 0 Å². The van der Waals surface area contributed by atoms with E-state index in [1.807, 2.05) is 37.5 Å². The van der Waals surface area contributed by atoms with E-state index in [2.05, 4.69) is 10.4 Å². The first kappa shape index (κ1) is 12.3. The molecule has 1 N–H and O–H groups in total. The molecule has 0 fully saturated rings. The summed E-state index contributed by atoms with van der Waals surface area (Å²) in [5.74, 6) is 2.32. The smallest absolute Gasteiger partial charge is 0.165 e. The van der Waals surface area contributed by atoms with E-state index in [-0.39, 0.29) is 0 Å². The highest BCUT2D eigenvalue weighted by Gasteiger charge is 2.09. The third-order valence-electron chi connectivity index (χ3n) is 2.66. The van der Waals surface area contributed by atoms with Crippen LogP contribution in [0.25, 0.3) is 0 Å². The number of ether oxygens (including phenoxy) is 2. The van der Waals surface area contributed by atoms with Gasteiger partial charge in [0.05, 0.1) is 14.2 Å². The fraction of sp³-hybridized carbons (Fsp3) is 0.308. The van der Waals surface area contributed by atoms with Crippen molar-refractivity contribution >= 4 is 5.82 Å². The van der Waals surface area contributed by atoms with Crippen molar-refractivity contribution in [2.24, 2.45) is 7.05 Å². The number of rotatable bonds is 5. The molecule has 0 saturated heterocycles. The van der Waals surface area contributed by atoms with Crippen LogP contribution in [0.1, 0.15) is 5.56 Å². The summed E-state index contributed by atoms with van der Waals surface area (Å²) in [5, 5.41) is 7.50. The SMILES string of the molecule is COc1cccc(CNc2ccn(C)n2)c1OC. The van der Waals surface area contributed by atoms with E-state index in [4.69, 9.17) is 9.47 Å². The highest BCUT2D eigenvalue weighted by molar-refractivity contribution is 5.48. The minimum Gasteiger partial charge on any atom is -0.493 e. The molecule has 0 spiro atoms. The molecule has 0 bridgehead atoms. The van der Waals surface area contributed by atoms with E-state index in [0.717, 1.165) is 22.9 Å². The van der Waals surface area contributed by atoms with Crippen LogP contribution >= 0.6 is 0 Å². The number of aromatic nitrogens is 2. The predicted molar refractivity (Wildman–Crippen MR) is 70.1 cm³/mol. The van der Waals surface area contributed by atoms with E-state index in [9.17, 15) is 0 Å². The van der Waals surface area contributed by atoms with E-state index in [1.54, 1.807) is 18.9 Å². The van der Waals surface area contributed by atoms with Crippen molar-refractivity contribution in [1.82, 2.24) is 9.78 Å². The van der Waals surface area contributed by atoms with Crippen LogP contribution in [0.5, 0.6) is 11.5 Å². The highest BCUT2D eigenvalue weighted by atomic mass is 16.5. The predicted octanol–water partition coefficient (Wildman–Crippen LogP) is 2.05. The third-order valence-corrected chi connectivity index (χ3v) is 2.66. The molecule has 18 heavy (non-hydrogen) atoms. The van der Waals surface area contributed by atoms with Gasteiger partial charge in [0.25, 0.3) is 0 Å². The Morgan fingerprint density at radius 3 is 2.67 bits per heavy atom. The molecule has 96 valence electrons. The van der Waals surface area contributed by atoms with Crippen LogP contribution in [0.2, 0.25) is 0 Å². The van der Waals surface area contributed by atoms with Gasteiger partial charge in [-0.05, 0) is 6.07 Å². The summed E-state index contributed by atoms with van der Waals surface area (Å²) in [6, 6.07) is 7.74. The van der Waals surface area contributed by atoms with E-state index in [1.165, 1.54) is 0 Å². The number of para-hydroxylation sites is 1. The Kier molecular flexibility index (Phi) is 3.72. The standard InChI is InChI=1S/C13H17N3O2/c1-16-8-7-12(15-16)14-9-10-5-4-6-11(17-2)13(10)18-3/h4-8H,9H2,1-3H3,(H,14,15). The second kappa shape index (κ2) is 5.44. The van der Waals surface area contributed by atoms with Crippen molar-refractivity contribution in [3.63, 3.8) is 0 Å². The molecular formula is C13H17N3O2. The molecule has 0 aliphatic carbocycles. The Balaban J connectivity index is 2.13. The lowest BCUT2D eigenvalue weighted by molar-refractivity contribution is 0.352. The van der Waals surface area contributed by atoms with Gasteiger partial charge in [0.1, 0.15) is 5.82 Å². The van der Waals surface area contributed by atoms with Crippen molar-refractivity contribution in [3.05, 3.63) is 36.0 Å². The van der Waals surface area contributed by atoms with Crippen molar-refractivity contribution in [3.8, 4) is 11.5 Å². The number of hydrogen-bond acceptors (Lipinski definition) is 4. The van der Waals surface area contributed by atoms with Crippen LogP contribution in [-0.4, -0.2) is 24.0 Å². The molecule has 0 amide bonds. The fourth-order valence-corrected chi connectivity index (χ4v) is 1.79. The molecule has 5 heteroatoms. The van der Waals surface area contributed by atoms with Gasteiger partial charge in [-0.25, -0.2) is 0 Å². The molecule has 2 rings (SSSR count). The lowest BCUT2D eigenvalue weighted by atomic mass is 10.2. The van der Waals surface area contributed by atoms with Gasteiger partial charge in [0.15, 0.2) is 11.5 Å². The third kappa shape index (κ3) is 2.56. The van der Waals surface area contributed by atoms with Crippen molar-refractivity contribution in [1.29, 1.82) is 0 Å². The molecule has 0 aliphatic heterocycles. The largest absolute Gasteiger partial charge is 0.493 e. The number of aryl methyl sites for hydroxylation is 1. The first-order valence-corrected chi connectivity index (χ1v) is 5.68. The van der Waals surface area contributed by atoms with Crippen LogP contribution in [0.3, 0.4) is 0 Å². The molecule has 0 atom stereocenters. The molecule has 2 aromatic rings. The number of methoxy groups -OCH3 is 2. The maximum absolute atomic E-state index is 5.37. The van der Waals surface area contributed by atoms with Crippen LogP contribution in [0.15, 0.2) is 30.5 Å². The monoisotopic (exact) mass is 247 g/mol. The molecule has 1 heterocycles. The topological polar surface area (TPSA) is 48.3 Å². The van der Waals surface area contributed by atoms with Crippen molar-refractivity contribution < 1.29 is 9.47 Å². The molecule has 0 radical (unpaired) electrons. The molecule has 1 aromatic heterocycles. The summed E-state index contributed by atoms with van der Waals surface area (Å²) in [4.78, 5) is 0. The molecule has 0 aliphatic rings. The van der Waals surface area contributed by atoms with Gasteiger partial charge in [0.2, 0.25) is 0 Å². The van der Waals surface area contributed by atoms with Crippen LogP contribution in [0, 0.1) is 0 Å². The number of nitrogens with zero attached hydrogens (tertiary/aromatic N) is 2. The normalized spacial score (nSPS) is 10.2. The summed E-state index contributed by atoms with van der Waals surface area (Å²) in [5.41, 5.74) is 1.03. The summed E-state index contributed by atoms with van der Waals surface area (Å²) >= 11 is 0. The average molecular weight is 247 g/mol. The lowest BCUT2D eigenvalue weighted by Gasteiger charge is -2.12. The van der Waals surface area contributed by atoms with E-state index in [0.29, 0.717) is 6.54 Å². The Labute approximate surface area is 106 Å². The van der Waals surface area contributed by atoms with Gasteiger partial charge in [0, 0.05) is 31.4 Å². The number of anilines is 1. The summed E-state index contributed by atoms with van der Waals surface area (Å²) in [7, 11) is 5.16. The molecule has 0 unspecified atom stereocenters. The second-order valence-corrected chi connectivity index (χ2v) is 3.88. The minimum atomic E-state index is 0.636. The van der Waals surface area contributed by atoms with Crippen LogP contribution in [0.4, 0.5) is 5.82 Å². The zero-order valence-electron chi connectivity index (χ0n) is 10.8. The lowest BCUT2D eigenvalue weighted by Crippen LogP contribution is -2.03. The van der Waals surface area contributed by atoms with Gasteiger partial charge in [-0.2, -0.15) is 5.10 Å². The summed E-state index contributed by atoms with van der Waals surface area (Å²) in [6.07, 6.45) is 1.89. The number of nitrogens with one attached hydrogen (secondary N) is 1. The fourth-order valence-electron chi connectivity index (χ4n) is 1.79. The minimum absolute atomic E-state index is 0.636. The molecule has 5 nitrogen and oxygen atoms in total. The maximum atomic E-state index is 5.37. The van der Waals surface area contributed by atoms with E-state index < -0.39 is 0 Å². The Hall–Kier alpha value is -2.17. The first-order valence-electron chi connectivity index (χ1n) is 5.68. The van der Waals surface area contributed by atoms with Gasteiger partial charge in [-0.3, -0.25) is 4.68 Å². The van der Waals surface area contributed by atoms with Gasteiger partial charge < -0.3 is 14.8 Å². The van der Waals surface area contributed by atoms with Crippen molar-refractivity contribution in [2.75, 3.05) is 19.5 Å². The van der Waals surface area contributed by atoms with Gasteiger partial charge in [-0.1, -0.05) is 12.1 Å². The Morgan fingerprint density at radius 2 is 2.06 bits per heavy atom. The first-order chi connectivity index (χ1) is 8.74. The quantitative estimate of drug-likeness (QED) is 0.878. The molecule has 1 aromatic carbocycles.